The van der Waals surface area contributed by atoms with Gasteiger partial charge in [0.05, 0.1) is 5.52 Å². The highest BCUT2D eigenvalue weighted by Crippen LogP contribution is 2.25. The fraction of sp³-hybridized carbons (Fsp3) is 0.167. The van der Waals surface area contributed by atoms with Crippen molar-refractivity contribution in [3.05, 3.63) is 24.5 Å². The number of fused-ring (bicyclic) bond motifs is 1. The first-order valence-electron chi connectivity index (χ1n) is 5.77. The van der Waals surface area contributed by atoms with Crippen molar-refractivity contribution in [2.75, 3.05) is 17.2 Å². The van der Waals surface area contributed by atoms with Crippen LogP contribution in [0.5, 0.6) is 0 Å². The van der Waals surface area contributed by atoms with Crippen LogP contribution in [0.15, 0.2) is 24.5 Å². The lowest BCUT2D eigenvalue weighted by Gasteiger charge is -2.26. The molecule has 0 saturated carbocycles. The van der Waals surface area contributed by atoms with E-state index in [0.717, 1.165) is 0 Å². The summed E-state index contributed by atoms with van der Waals surface area (Å²) in [7, 11) is 0. The fourth-order valence-electron chi connectivity index (χ4n) is 2.04. The lowest BCUT2D eigenvalue weighted by molar-refractivity contribution is -0.120. The first-order valence-corrected chi connectivity index (χ1v) is 5.77. The van der Waals surface area contributed by atoms with Crippen LogP contribution in [0.3, 0.4) is 0 Å². The highest BCUT2D eigenvalue weighted by molar-refractivity contribution is 6.08. The molecule has 1 fully saturated rings. The second-order valence-corrected chi connectivity index (χ2v) is 4.23. The predicted molar refractivity (Wildman–Crippen MR) is 69.5 cm³/mol. The van der Waals surface area contributed by atoms with Gasteiger partial charge in [-0.15, -0.1) is 0 Å². The maximum Gasteiger partial charge on any atom is 0.329 e. The lowest BCUT2D eigenvalue weighted by atomic mass is 10.2. The Kier molecular flexibility index (Phi) is 2.52. The van der Waals surface area contributed by atoms with Crippen molar-refractivity contribution in [1.29, 1.82) is 0 Å². The first-order chi connectivity index (χ1) is 9.15. The third-order valence-electron chi connectivity index (χ3n) is 2.95. The van der Waals surface area contributed by atoms with Gasteiger partial charge in [-0.25, -0.2) is 14.8 Å². The largest absolute Gasteiger partial charge is 0.399 e. The van der Waals surface area contributed by atoms with Crippen LogP contribution in [0.2, 0.25) is 0 Å². The smallest absolute Gasteiger partial charge is 0.329 e. The highest BCUT2D eigenvalue weighted by atomic mass is 16.2. The molecular weight excluding hydrogens is 246 g/mol. The fourth-order valence-corrected chi connectivity index (χ4v) is 2.04. The summed E-state index contributed by atoms with van der Waals surface area (Å²) in [6, 6.07) is 4.74. The number of aromatic nitrogens is 2. The van der Waals surface area contributed by atoms with E-state index in [-0.39, 0.29) is 12.3 Å². The number of nitrogens with two attached hydrogens (primary N) is 1. The monoisotopic (exact) mass is 257 g/mol. The molecule has 1 aromatic heterocycles. The van der Waals surface area contributed by atoms with Gasteiger partial charge in [-0.05, 0) is 18.2 Å². The number of urea groups is 1. The Hall–Kier alpha value is -2.70. The van der Waals surface area contributed by atoms with Crippen molar-refractivity contribution in [3.8, 4) is 0 Å². The van der Waals surface area contributed by atoms with Crippen molar-refractivity contribution in [3.63, 3.8) is 0 Å². The Morgan fingerprint density at radius 2 is 2.11 bits per heavy atom. The summed E-state index contributed by atoms with van der Waals surface area (Å²) in [5, 5.41) is 2.95. The van der Waals surface area contributed by atoms with E-state index in [1.807, 2.05) is 0 Å². The average molecular weight is 257 g/mol. The van der Waals surface area contributed by atoms with Crippen LogP contribution in [0.1, 0.15) is 6.42 Å². The molecule has 3 rings (SSSR count). The third-order valence-corrected chi connectivity index (χ3v) is 2.95. The number of nitrogens with one attached hydrogen (secondary N) is 1. The van der Waals surface area contributed by atoms with Crippen LogP contribution in [0.25, 0.3) is 10.9 Å². The van der Waals surface area contributed by atoms with E-state index >= 15 is 0 Å². The van der Waals surface area contributed by atoms with Gasteiger partial charge in [-0.3, -0.25) is 15.0 Å². The number of benzene rings is 1. The Morgan fingerprint density at radius 3 is 2.89 bits per heavy atom. The molecule has 1 aromatic carbocycles. The van der Waals surface area contributed by atoms with E-state index in [1.165, 1.54) is 11.2 Å². The molecule has 0 aliphatic carbocycles. The van der Waals surface area contributed by atoms with E-state index in [2.05, 4.69) is 15.3 Å². The van der Waals surface area contributed by atoms with Gasteiger partial charge in [0, 0.05) is 24.0 Å². The van der Waals surface area contributed by atoms with Crippen LogP contribution < -0.4 is 16.0 Å². The topological polar surface area (TPSA) is 101 Å². The predicted octanol–water partition coefficient (Wildman–Crippen LogP) is 0.658. The van der Waals surface area contributed by atoms with Crippen LogP contribution in [0, 0.1) is 0 Å². The van der Waals surface area contributed by atoms with Gasteiger partial charge in [0.15, 0.2) is 0 Å². The molecule has 1 aliphatic heterocycles. The number of rotatable bonds is 1. The van der Waals surface area contributed by atoms with Gasteiger partial charge >= 0.3 is 6.03 Å². The SMILES string of the molecule is Nc1ccc2ncnc(N3CCC(=O)NC3=O)c2c1. The second-order valence-electron chi connectivity index (χ2n) is 4.23. The molecule has 3 amide bonds. The Bertz CT molecular complexity index is 685. The van der Waals surface area contributed by atoms with E-state index in [0.29, 0.717) is 29.0 Å². The van der Waals surface area contributed by atoms with Gasteiger partial charge in [0.2, 0.25) is 5.91 Å². The number of hydrogen-bond donors (Lipinski definition) is 2. The molecule has 7 nitrogen and oxygen atoms in total. The lowest BCUT2D eigenvalue weighted by Crippen LogP contribution is -2.50. The van der Waals surface area contributed by atoms with Crippen molar-refractivity contribution in [1.82, 2.24) is 15.3 Å². The number of amides is 3. The molecule has 3 N–H and O–H groups in total. The number of carbonyl (C=O) groups excluding carboxylic acids is 2. The molecule has 0 radical (unpaired) electrons. The summed E-state index contributed by atoms with van der Waals surface area (Å²) in [5.41, 5.74) is 7.02. The van der Waals surface area contributed by atoms with Crippen molar-refractivity contribution < 1.29 is 9.59 Å². The minimum atomic E-state index is -0.473. The molecule has 19 heavy (non-hydrogen) atoms. The third kappa shape index (κ3) is 1.95. The quantitative estimate of drug-likeness (QED) is 0.731. The molecule has 2 heterocycles. The number of nitrogen functional groups attached to an aromatic ring is 1. The molecule has 96 valence electrons. The standard InChI is InChI=1S/C12H11N5O2/c13-7-1-2-9-8(5-7)11(15-6-14-9)17-4-3-10(18)16-12(17)19/h1-2,5-6H,3-4,13H2,(H,16,18,19). The van der Waals surface area contributed by atoms with Crippen LogP contribution in [-0.4, -0.2) is 28.5 Å². The van der Waals surface area contributed by atoms with Gasteiger partial charge in [0.25, 0.3) is 0 Å². The van der Waals surface area contributed by atoms with Crippen LogP contribution in [-0.2, 0) is 4.79 Å². The van der Waals surface area contributed by atoms with Crippen LogP contribution in [0.4, 0.5) is 16.3 Å². The Morgan fingerprint density at radius 1 is 1.26 bits per heavy atom. The normalized spacial score (nSPS) is 15.7. The summed E-state index contributed by atoms with van der Waals surface area (Å²) in [6.45, 7) is 0.297. The molecular formula is C12H11N5O2. The number of imide groups is 1. The summed E-state index contributed by atoms with van der Waals surface area (Å²) in [6.07, 6.45) is 1.64. The zero-order chi connectivity index (χ0) is 13.4. The van der Waals surface area contributed by atoms with Crippen molar-refractivity contribution in [2.24, 2.45) is 0 Å². The minimum absolute atomic E-state index is 0.250. The Labute approximate surface area is 108 Å². The molecule has 0 bridgehead atoms. The number of hydrogen-bond acceptors (Lipinski definition) is 5. The molecule has 0 atom stereocenters. The highest BCUT2D eigenvalue weighted by Gasteiger charge is 2.26. The number of carbonyl (C=O) groups is 2. The molecule has 0 unspecified atom stereocenters. The molecule has 7 heteroatoms. The molecule has 1 saturated heterocycles. The van der Waals surface area contributed by atoms with Gasteiger partial charge in [-0.1, -0.05) is 0 Å². The summed E-state index contributed by atoms with van der Waals surface area (Å²) < 4.78 is 0. The molecule has 2 aromatic rings. The van der Waals surface area contributed by atoms with E-state index in [9.17, 15) is 9.59 Å². The zero-order valence-corrected chi connectivity index (χ0v) is 9.96. The Balaban J connectivity index is 2.12. The first kappa shape index (κ1) is 11.4. The minimum Gasteiger partial charge on any atom is -0.399 e. The number of anilines is 2. The summed E-state index contributed by atoms with van der Waals surface area (Å²) in [4.78, 5) is 32.7. The van der Waals surface area contributed by atoms with E-state index in [1.54, 1.807) is 18.2 Å². The average Bonchev–Trinajstić information content (AvgIpc) is 2.38. The van der Waals surface area contributed by atoms with Crippen LogP contribution >= 0.6 is 0 Å². The van der Waals surface area contributed by atoms with Gasteiger partial charge in [-0.2, -0.15) is 0 Å². The molecule has 1 aliphatic rings. The summed E-state index contributed by atoms with van der Waals surface area (Å²) in [5.74, 6) is 0.182. The van der Waals surface area contributed by atoms with Gasteiger partial charge in [0.1, 0.15) is 12.1 Å². The van der Waals surface area contributed by atoms with Gasteiger partial charge < -0.3 is 5.73 Å². The zero-order valence-electron chi connectivity index (χ0n) is 9.96. The summed E-state index contributed by atoms with van der Waals surface area (Å²) >= 11 is 0. The van der Waals surface area contributed by atoms with E-state index in [4.69, 9.17) is 5.73 Å². The van der Waals surface area contributed by atoms with Crippen molar-refractivity contribution >= 4 is 34.3 Å². The maximum absolute atomic E-state index is 11.8. The van der Waals surface area contributed by atoms with Crippen molar-refractivity contribution in [2.45, 2.75) is 6.42 Å². The molecule has 0 spiro atoms. The van der Waals surface area contributed by atoms with E-state index < -0.39 is 6.03 Å². The maximum atomic E-state index is 11.8. The number of nitrogens with zero attached hydrogens (tertiary/aromatic N) is 3. The second kappa shape index (κ2) is 4.20.